The Labute approximate surface area is 134 Å². The minimum atomic E-state index is -0.465. The van der Waals surface area contributed by atoms with E-state index < -0.39 is 6.04 Å². The highest BCUT2D eigenvalue weighted by atomic mass is 16.5. The second kappa shape index (κ2) is 6.28. The number of carbonyl (C=O) groups is 3. The highest BCUT2D eigenvalue weighted by Crippen LogP contribution is 2.21. The lowest BCUT2D eigenvalue weighted by atomic mass is 10.1. The molecule has 0 spiro atoms. The van der Waals surface area contributed by atoms with Crippen LogP contribution in [-0.4, -0.2) is 54.9 Å². The highest BCUT2D eigenvalue weighted by Gasteiger charge is 2.42. The van der Waals surface area contributed by atoms with Gasteiger partial charge in [-0.25, -0.2) is 0 Å². The molecule has 0 aromatic heterocycles. The molecule has 7 heteroatoms. The topological polar surface area (TPSA) is 87.7 Å². The molecule has 23 heavy (non-hydrogen) atoms. The van der Waals surface area contributed by atoms with E-state index in [-0.39, 0.29) is 36.7 Å². The summed E-state index contributed by atoms with van der Waals surface area (Å²) < 4.78 is 5.24. The van der Waals surface area contributed by atoms with Crippen LogP contribution in [0.2, 0.25) is 0 Å². The SMILES string of the molecule is COc1ccccc1CC(=O)N[C@@H]1C[C@H]2C(=O)NCC(=O)N2C1. The molecule has 3 amide bonds. The van der Waals surface area contributed by atoms with Crippen molar-refractivity contribution >= 4 is 17.7 Å². The second-order valence-corrected chi connectivity index (χ2v) is 5.77. The number of rotatable bonds is 4. The van der Waals surface area contributed by atoms with E-state index in [0.717, 1.165) is 5.56 Å². The lowest BCUT2D eigenvalue weighted by Crippen LogP contribution is -2.55. The van der Waals surface area contributed by atoms with Gasteiger partial charge in [0.15, 0.2) is 0 Å². The molecule has 1 aromatic rings. The molecule has 0 radical (unpaired) electrons. The first-order valence-electron chi connectivity index (χ1n) is 7.57. The number of fused-ring (bicyclic) bond motifs is 1. The van der Waals surface area contributed by atoms with Crippen LogP contribution in [0.3, 0.4) is 0 Å². The molecule has 2 N–H and O–H groups in total. The normalized spacial score (nSPS) is 23.3. The molecule has 1 aromatic carbocycles. The first-order chi connectivity index (χ1) is 11.1. The summed E-state index contributed by atoms with van der Waals surface area (Å²) in [6.07, 6.45) is 0.653. The maximum Gasteiger partial charge on any atom is 0.243 e. The van der Waals surface area contributed by atoms with Crippen LogP contribution in [-0.2, 0) is 20.8 Å². The summed E-state index contributed by atoms with van der Waals surface area (Å²) in [6.45, 7) is 0.422. The van der Waals surface area contributed by atoms with Crippen LogP contribution in [0.25, 0.3) is 0 Å². The van der Waals surface area contributed by atoms with Crippen LogP contribution in [0, 0.1) is 0 Å². The van der Waals surface area contributed by atoms with E-state index in [9.17, 15) is 14.4 Å². The Morgan fingerprint density at radius 1 is 1.39 bits per heavy atom. The van der Waals surface area contributed by atoms with Gasteiger partial charge in [-0.2, -0.15) is 0 Å². The number of hydrogen-bond donors (Lipinski definition) is 2. The Bertz CT molecular complexity index is 622. The van der Waals surface area contributed by atoms with Crippen LogP contribution in [0.1, 0.15) is 12.0 Å². The summed E-state index contributed by atoms with van der Waals surface area (Å²) >= 11 is 0. The Morgan fingerprint density at radius 3 is 2.91 bits per heavy atom. The maximum absolute atomic E-state index is 12.2. The van der Waals surface area contributed by atoms with Gasteiger partial charge in [-0.15, -0.1) is 0 Å². The summed E-state index contributed by atoms with van der Waals surface area (Å²) in [5.74, 6) is 0.274. The average molecular weight is 317 g/mol. The van der Waals surface area contributed by atoms with Gasteiger partial charge in [0.25, 0.3) is 0 Å². The summed E-state index contributed by atoms with van der Waals surface area (Å²) in [4.78, 5) is 37.4. The van der Waals surface area contributed by atoms with Gasteiger partial charge in [0.1, 0.15) is 11.8 Å². The smallest absolute Gasteiger partial charge is 0.243 e. The molecule has 7 nitrogen and oxygen atoms in total. The van der Waals surface area contributed by atoms with E-state index in [1.54, 1.807) is 18.1 Å². The van der Waals surface area contributed by atoms with Crippen molar-refractivity contribution in [2.24, 2.45) is 0 Å². The largest absolute Gasteiger partial charge is 0.496 e. The molecule has 2 heterocycles. The minimum absolute atomic E-state index is 0.0389. The number of benzene rings is 1. The van der Waals surface area contributed by atoms with Crippen molar-refractivity contribution in [3.63, 3.8) is 0 Å². The molecule has 2 fully saturated rings. The summed E-state index contributed by atoms with van der Waals surface area (Å²) in [7, 11) is 1.57. The first kappa shape index (κ1) is 15.3. The Morgan fingerprint density at radius 2 is 2.17 bits per heavy atom. The van der Waals surface area contributed by atoms with Crippen LogP contribution in [0.4, 0.5) is 0 Å². The number of carbonyl (C=O) groups excluding carboxylic acids is 3. The maximum atomic E-state index is 12.2. The third-order valence-corrected chi connectivity index (χ3v) is 4.25. The molecular weight excluding hydrogens is 298 g/mol. The van der Waals surface area contributed by atoms with Crippen LogP contribution in [0.15, 0.2) is 24.3 Å². The van der Waals surface area contributed by atoms with Crippen molar-refractivity contribution in [1.29, 1.82) is 0 Å². The zero-order valence-corrected chi connectivity index (χ0v) is 12.9. The van der Waals surface area contributed by atoms with Gasteiger partial charge in [0.05, 0.1) is 20.1 Å². The zero-order chi connectivity index (χ0) is 16.4. The molecule has 2 saturated heterocycles. The monoisotopic (exact) mass is 317 g/mol. The fourth-order valence-corrected chi connectivity index (χ4v) is 3.15. The van der Waals surface area contributed by atoms with E-state index in [1.165, 1.54) is 0 Å². The van der Waals surface area contributed by atoms with E-state index in [0.29, 0.717) is 18.7 Å². The number of hydrogen-bond acceptors (Lipinski definition) is 4. The molecule has 2 aliphatic heterocycles. The molecule has 0 bridgehead atoms. The molecule has 0 aliphatic carbocycles. The second-order valence-electron chi connectivity index (χ2n) is 5.77. The van der Waals surface area contributed by atoms with Gasteiger partial charge in [-0.05, 0) is 12.5 Å². The van der Waals surface area contributed by atoms with Crippen molar-refractivity contribution in [3.8, 4) is 5.75 Å². The van der Waals surface area contributed by atoms with Crippen molar-refractivity contribution in [1.82, 2.24) is 15.5 Å². The number of methoxy groups -OCH3 is 1. The minimum Gasteiger partial charge on any atom is -0.496 e. The van der Waals surface area contributed by atoms with E-state index >= 15 is 0 Å². The Kier molecular flexibility index (Phi) is 4.18. The van der Waals surface area contributed by atoms with Gasteiger partial charge < -0.3 is 20.3 Å². The van der Waals surface area contributed by atoms with Crippen LogP contribution >= 0.6 is 0 Å². The number of piperazine rings is 1. The van der Waals surface area contributed by atoms with Gasteiger partial charge >= 0.3 is 0 Å². The van der Waals surface area contributed by atoms with Gasteiger partial charge in [0.2, 0.25) is 17.7 Å². The van der Waals surface area contributed by atoms with Crippen molar-refractivity contribution < 1.29 is 19.1 Å². The molecule has 2 atom stereocenters. The molecule has 122 valence electrons. The zero-order valence-electron chi connectivity index (χ0n) is 12.9. The number of para-hydroxylation sites is 1. The summed E-state index contributed by atoms with van der Waals surface area (Å²) in [5.41, 5.74) is 0.803. The highest BCUT2D eigenvalue weighted by molar-refractivity contribution is 5.95. The van der Waals surface area contributed by atoms with E-state index in [1.807, 2.05) is 18.2 Å². The fourth-order valence-electron chi connectivity index (χ4n) is 3.15. The first-order valence-corrected chi connectivity index (χ1v) is 7.57. The molecule has 0 unspecified atom stereocenters. The average Bonchev–Trinajstić information content (AvgIpc) is 2.96. The van der Waals surface area contributed by atoms with Crippen molar-refractivity contribution in [2.75, 3.05) is 20.2 Å². The number of amides is 3. The lowest BCUT2D eigenvalue weighted by Gasteiger charge is -2.28. The number of nitrogens with one attached hydrogen (secondary N) is 2. The third kappa shape index (κ3) is 3.13. The third-order valence-electron chi connectivity index (χ3n) is 4.25. The van der Waals surface area contributed by atoms with Crippen molar-refractivity contribution in [3.05, 3.63) is 29.8 Å². The molecular formula is C16H19N3O4. The van der Waals surface area contributed by atoms with Gasteiger partial charge in [0, 0.05) is 18.2 Å². The fraction of sp³-hybridized carbons (Fsp3) is 0.438. The molecule has 3 rings (SSSR count). The quantitative estimate of drug-likeness (QED) is 0.780. The van der Waals surface area contributed by atoms with Crippen LogP contribution in [0.5, 0.6) is 5.75 Å². The summed E-state index contributed by atoms with van der Waals surface area (Å²) in [6, 6.07) is 6.68. The lowest BCUT2D eigenvalue weighted by molar-refractivity contribution is -0.143. The Hall–Kier alpha value is -2.57. The molecule has 0 saturated carbocycles. The van der Waals surface area contributed by atoms with Gasteiger partial charge in [-0.1, -0.05) is 18.2 Å². The predicted octanol–water partition coefficient (Wildman–Crippen LogP) is -0.547. The number of ether oxygens (including phenoxy) is 1. The summed E-state index contributed by atoms with van der Waals surface area (Å²) in [5, 5.41) is 5.48. The van der Waals surface area contributed by atoms with E-state index in [4.69, 9.17) is 4.74 Å². The Balaban J connectivity index is 1.61. The van der Waals surface area contributed by atoms with Crippen molar-refractivity contribution in [2.45, 2.75) is 24.9 Å². The number of nitrogens with zero attached hydrogens (tertiary/aromatic N) is 1. The van der Waals surface area contributed by atoms with Crippen LogP contribution < -0.4 is 15.4 Å². The van der Waals surface area contributed by atoms with E-state index in [2.05, 4.69) is 10.6 Å². The predicted molar refractivity (Wildman–Crippen MR) is 81.8 cm³/mol. The van der Waals surface area contributed by atoms with Gasteiger partial charge in [-0.3, -0.25) is 14.4 Å². The standard InChI is InChI=1S/C16H19N3O4/c1-23-13-5-3-2-4-10(13)6-14(20)18-11-7-12-16(22)17-8-15(21)19(12)9-11/h2-5,11-12H,6-9H2,1H3,(H,17,22)(H,18,20)/t11-,12+/m1/s1. The molecule has 2 aliphatic rings.